The molecule has 0 spiro atoms. The largest absolute Gasteiger partial charge is 0.393 e. The van der Waals surface area contributed by atoms with E-state index >= 15 is 0 Å². The molecule has 4 aliphatic carbocycles. The number of rotatable bonds is 4. The molecule has 3 heteroatoms. The Labute approximate surface area is 225 Å². The fourth-order valence-electron chi connectivity index (χ4n) is 7.44. The van der Waals surface area contributed by atoms with Crippen LogP contribution < -0.4 is 4.90 Å². The molecule has 0 aromatic heterocycles. The van der Waals surface area contributed by atoms with Crippen LogP contribution in [0.4, 0.5) is 5.69 Å². The summed E-state index contributed by atoms with van der Waals surface area (Å²) in [6, 6.07) is 9.23. The van der Waals surface area contributed by atoms with Crippen LogP contribution in [-0.2, 0) is 4.79 Å². The minimum Gasteiger partial charge on any atom is -0.393 e. The van der Waals surface area contributed by atoms with E-state index in [4.69, 9.17) is 6.42 Å². The normalized spacial score (nSPS) is 30.8. The number of ketones is 1. The van der Waals surface area contributed by atoms with E-state index in [-0.39, 0.29) is 16.9 Å². The van der Waals surface area contributed by atoms with Gasteiger partial charge in [0, 0.05) is 36.5 Å². The summed E-state index contributed by atoms with van der Waals surface area (Å²) in [6.07, 6.45) is 13.7. The molecular weight excluding hydrogens is 454 g/mol. The maximum atomic E-state index is 12.1. The lowest BCUT2D eigenvalue weighted by molar-refractivity contribution is -0.114. The van der Waals surface area contributed by atoms with Gasteiger partial charge in [0.15, 0.2) is 5.78 Å². The van der Waals surface area contributed by atoms with Crippen molar-refractivity contribution in [1.82, 2.24) is 0 Å². The van der Waals surface area contributed by atoms with Crippen molar-refractivity contribution >= 4 is 11.5 Å². The summed E-state index contributed by atoms with van der Waals surface area (Å²) >= 11 is 0. The molecule has 3 nitrogen and oxygen atoms in total. The van der Waals surface area contributed by atoms with E-state index in [1.165, 1.54) is 22.4 Å². The molecule has 0 amide bonds. The minimum atomic E-state index is -0.189. The highest BCUT2D eigenvalue weighted by Crippen LogP contribution is 2.63. The molecule has 5 rings (SSSR count). The van der Waals surface area contributed by atoms with Crippen molar-refractivity contribution in [1.29, 1.82) is 0 Å². The van der Waals surface area contributed by atoms with E-state index in [9.17, 15) is 9.90 Å². The van der Waals surface area contributed by atoms with E-state index in [0.717, 1.165) is 51.6 Å². The first kappa shape index (κ1) is 27.7. The Bertz CT molecular complexity index is 1090. The van der Waals surface area contributed by atoms with Crippen LogP contribution in [0.5, 0.6) is 0 Å². The number of carbonyl (C=O) groups excluding carboxylic acids is 1. The van der Waals surface area contributed by atoms with Gasteiger partial charge in [-0.3, -0.25) is 4.79 Å². The van der Waals surface area contributed by atoms with Gasteiger partial charge < -0.3 is 10.0 Å². The van der Waals surface area contributed by atoms with Gasteiger partial charge in [-0.25, -0.2) is 0 Å². The third-order valence-corrected chi connectivity index (χ3v) is 9.54. The molecule has 4 aliphatic rings. The zero-order valence-corrected chi connectivity index (χ0v) is 23.9. The quantitative estimate of drug-likeness (QED) is 0.435. The lowest BCUT2D eigenvalue weighted by Crippen LogP contribution is -2.45. The Morgan fingerprint density at radius 3 is 2.30 bits per heavy atom. The highest BCUT2D eigenvalue weighted by atomic mass is 16.3. The second-order valence-corrected chi connectivity index (χ2v) is 12.8. The van der Waals surface area contributed by atoms with Crippen LogP contribution in [0.25, 0.3) is 0 Å². The zero-order chi connectivity index (χ0) is 27.0. The number of anilines is 1. The predicted octanol–water partition coefficient (Wildman–Crippen LogP) is 7.46. The van der Waals surface area contributed by atoms with Crippen LogP contribution in [-0.4, -0.2) is 30.1 Å². The van der Waals surface area contributed by atoms with Gasteiger partial charge >= 0.3 is 0 Å². The molecule has 0 saturated heterocycles. The fraction of sp³-hybridized carbons (Fsp3) is 0.618. The second kappa shape index (κ2) is 10.8. The number of hydrogen-bond acceptors (Lipinski definition) is 3. The molecule has 0 radical (unpaired) electrons. The molecule has 0 bridgehead atoms. The molecule has 5 unspecified atom stereocenters. The zero-order valence-electron chi connectivity index (χ0n) is 23.9. The maximum absolute atomic E-state index is 12.1. The molecule has 37 heavy (non-hydrogen) atoms. The van der Waals surface area contributed by atoms with Crippen molar-refractivity contribution in [2.45, 2.75) is 98.5 Å². The Morgan fingerprint density at radius 1 is 1.05 bits per heavy atom. The van der Waals surface area contributed by atoms with E-state index < -0.39 is 0 Å². The number of terminal acetylenes is 1. The van der Waals surface area contributed by atoms with E-state index in [1.54, 1.807) is 5.57 Å². The highest BCUT2D eigenvalue weighted by molar-refractivity contribution is 5.93. The van der Waals surface area contributed by atoms with Crippen molar-refractivity contribution in [2.75, 3.05) is 18.0 Å². The van der Waals surface area contributed by atoms with Crippen molar-refractivity contribution in [2.24, 2.45) is 22.7 Å². The maximum Gasteiger partial charge on any atom is 0.156 e. The van der Waals surface area contributed by atoms with Crippen LogP contribution in [0.2, 0.25) is 0 Å². The first-order chi connectivity index (χ1) is 17.5. The molecule has 1 aromatic carbocycles. The van der Waals surface area contributed by atoms with Gasteiger partial charge in [-0.15, -0.1) is 12.3 Å². The lowest BCUT2D eigenvalue weighted by Gasteiger charge is -2.52. The van der Waals surface area contributed by atoms with Gasteiger partial charge in [0.25, 0.3) is 0 Å². The van der Waals surface area contributed by atoms with E-state index in [2.05, 4.69) is 55.9 Å². The summed E-state index contributed by atoms with van der Waals surface area (Å²) in [5.41, 5.74) is 7.18. The number of hydrogen-bond donors (Lipinski definition) is 1. The van der Waals surface area contributed by atoms with Crippen LogP contribution in [0, 0.1) is 35.0 Å². The number of benzene rings is 1. The third kappa shape index (κ3) is 5.46. The number of aliphatic hydroxyl groups is 1. The minimum absolute atomic E-state index is 0.00262. The average Bonchev–Trinajstić information content (AvgIpc) is 3.18. The molecule has 5 atom stereocenters. The van der Waals surface area contributed by atoms with Crippen LogP contribution >= 0.6 is 0 Å². The summed E-state index contributed by atoms with van der Waals surface area (Å²) in [7, 11) is 0. The predicted molar refractivity (Wildman–Crippen MR) is 155 cm³/mol. The monoisotopic (exact) mass is 501 g/mol. The first-order valence-corrected chi connectivity index (χ1v) is 14.5. The van der Waals surface area contributed by atoms with Crippen LogP contribution in [0.15, 0.2) is 47.1 Å². The second-order valence-electron chi connectivity index (χ2n) is 12.8. The summed E-state index contributed by atoms with van der Waals surface area (Å²) in [5.74, 6) is 4.40. The topological polar surface area (TPSA) is 40.5 Å². The SMILES string of the molecule is C#CC(C)(C)C.CCN(CC)c1ccc(C2CC3(C)C(O)CCC3C3CCC4=CC(=O)CCC4=C23)cc1. The molecule has 1 N–H and O–H groups in total. The summed E-state index contributed by atoms with van der Waals surface area (Å²) < 4.78 is 0. The van der Waals surface area contributed by atoms with Gasteiger partial charge in [0.1, 0.15) is 0 Å². The molecule has 200 valence electrons. The Hall–Kier alpha value is -2.31. The average molecular weight is 502 g/mol. The van der Waals surface area contributed by atoms with Gasteiger partial charge in [-0.1, -0.05) is 24.6 Å². The number of carbonyl (C=O) groups is 1. The van der Waals surface area contributed by atoms with Crippen molar-refractivity contribution in [3.8, 4) is 12.3 Å². The Morgan fingerprint density at radius 2 is 1.70 bits per heavy atom. The summed E-state index contributed by atoms with van der Waals surface area (Å²) in [5, 5.41) is 11.0. The number of fused-ring (bicyclic) bond motifs is 4. The standard InChI is InChI=1S/C28H37NO2.C6H10/c1-4-29(5-2)20-9-6-18(7-10-20)24-17-28(3)25(14-15-26(28)31)23-12-8-19-16-21(30)11-13-22(19)27(23)24;1-5-6(2,3)4/h6-7,9-10,16,23-26,31H,4-5,8,11-15,17H2,1-3H3;1H,2-4H3. The lowest BCUT2D eigenvalue weighted by atomic mass is 9.53. The molecule has 0 aliphatic heterocycles. The summed E-state index contributed by atoms with van der Waals surface area (Å²) in [4.78, 5) is 14.5. The van der Waals surface area contributed by atoms with Crippen molar-refractivity contribution in [3.05, 3.63) is 52.6 Å². The molecule has 2 saturated carbocycles. The molecule has 2 fully saturated rings. The first-order valence-electron chi connectivity index (χ1n) is 14.5. The van der Waals surface area contributed by atoms with Gasteiger partial charge in [0.05, 0.1) is 6.10 Å². The molecular formula is C34H47NO2. The van der Waals surface area contributed by atoms with E-state index in [0.29, 0.717) is 30.0 Å². The van der Waals surface area contributed by atoms with Gasteiger partial charge in [-0.2, -0.15) is 0 Å². The van der Waals surface area contributed by atoms with Gasteiger partial charge in [0.2, 0.25) is 0 Å². The van der Waals surface area contributed by atoms with Crippen molar-refractivity contribution in [3.63, 3.8) is 0 Å². The smallest absolute Gasteiger partial charge is 0.156 e. The van der Waals surface area contributed by atoms with Crippen LogP contribution in [0.1, 0.15) is 98.0 Å². The summed E-state index contributed by atoms with van der Waals surface area (Å²) in [6.45, 7) is 14.8. The Balaban J connectivity index is 0.000000480. The van der Waals surface area contributed by atoms with Gasteiger partial charge in [-0.05, 0) is 125 Å². The number of allylic oxidation sites excluding steroid dienone is 4. The highest BCUT2D eigenvalue weighted by Gasteiger charge is 2.56. The molecule has 1 aromatic rings. The number of aliphatic hydroxyl groups excluding tert-OH is 1. The van der Waals surface area contributed by atoms with E-state index in [1.807, 2.05) is 26.8 Å². The molecule has 0 heterocycles. The van der Waals surface area contributed by atoms with Crippen molar-refractivity contribution < 1.29 is 9.90 Å². The Kier molecular flexibility index (Phi) is 8.10. The van der Waals surface area contributed by atoms with Crippen LogP contribution in [0.3, 0.4) is 0 Å². The number of nitrogens with zero attached hydrogens (tertiary/aromatic N) is 1. The fourth-order valence-corrected chi connectivity index (χ4v) is 7.44. The third-order valence-electron chi connectivity index (χ3n) is 9.54.